The third-order valence-electron chi connectivity index (χ3n) is 3.70. The van der Waals surface area contributed by atoms with Crippen molar-refractivity contribution in [3.05, 3.63) is 41.3 Å². The Labute approximate surface area is 121 Å². The average molecular weight is 285 g/mol. The molecule has 0 aliphatic heterocycles. The van der Waals surface area contributed by atoms with Crippen LogP contribution in [-0.2, 0) is 6.54 Å². The number of aromatic nitrogens is 3. The number of halogens is 1. The lowest BCUT2D eigenvalue weighted by Gasteiger charge is -2.06. The molecule has 0 spiro atoms. The van der Waals surface area contributed by atoms with Crippen molar-refractivity contribution in [3.63, 3.8) is 0 Å². The molecule has 3 rings (SSSR count). The van der Waals surface area contributed by atoms with Gasteiger partial charge < -0.3 is 5.11 Å². The molecule has 2 heterocycles. The number of aromatic hydroxyl groups is 1. The molecule has 5 heteroatoms. The molecule has 0 saturated heterocycles. The van der Waals surface area contributed by atoms with Gasteiger partial charge >= 0.3 is 0 Å². The maximum absolute atomic E-state index is 13.4. The third-order valence-corrected chi connectivity index (χ3v) is 3.70. The number of nitrogens with zero attached hydrogens (tertiary/aromatic N) is 3. The Morgan fingerprint density at radius 3 is 2.71 bits per heavy atom. The minimum atomic E-state index is -0.405. The Balaban J connectivity index is 2.28. The Bertz CT molecular complexity index is 839. The third kappa shape index (κ3) is 2.14. The fraction of sp³-hybridized carbons (Fsp3) is 0.250. The van der Waals surface area contributed by atoms with Gasteiger partial charge in [0.2, 0.25) is 0 Å². The van der Waals surface area contributed by atoms with Crippen LogP contribution in [0.1, 0.15) is 18.2 Å². The zero-order valence-electron chi connectivity index (χ0n) is 12.2. The first-order valence-corrected chi connectivity index (χ1v) is 6.85. The van der Waals surface area contributed by atoms with Crippen LogP contribution in [0.25, 0.3) is 22.3 Å². The summed E-state index contributed by atoms with van der Waals surface area (Å²) in [5, 5.41) is 15.4. The van der Waals surface area contributed by atoms with Crippen LogP contribution in [-0.4, -0.2) is 19.9 Å². The van der Waals surface area contributed by atoms with Crippen molar-refractivity contribution >= 4 is 11.0 Å². The van der Waals surface area contributed by atoms with E-state index in [0.29, 0.717) is 16.9 Å². The Kier molecular flexibility index (Phi) is 3.12. The van der Waals surface area contributed by atoms with Gasteiger partial charge in [-0.25, -0.2) is 9.37 Å². The maximum Gasteiger partial charge on any atom is 0.182 e. The lowest BCUT2D eigenvalue weighted by atomic mass is 10.1. The second kappa shape index (κ2) is 4.84. The van der Waals surface area contributed by atoms with Crippen molar-refractivity contribution in [2.24, 2.45) is 0 Å². The molecule has 1 N–H and O–H groups in total. The van der Waals surface area contributed by atoms with Crippen LogP contribution in [0.4, 0.5) is 4.39 Å². The maximum atomic E-state index is 13.4. The highest BCUT2D eigenvalue weighted by atomic mass is 19.1. The molecule has 21 heavy (non-hydrogen) atoms. The number of phenols is 1. The molecule has 0 unspecified atom stereocenters. The summed E-state index contributed by atoms with van der Waals surface area (Å²) >= 11 is 0. The minimum absolute atomic E-state index is 0.00861. The monoisotopic (exact) mass is 285 g/mol. The van der Waals surface area contributed by atoms with E-state index < -0.39 is 5.82 Å². The van der Waals surface area contributed by atoms with Crippen molar-refractivity contribution in [2.75, 3.05) is 0 Å². The molecule has 0 atom stereocenters. The topological polar surface area (TPSA) is 50.9 Å². The molecule has 0 aliphatic carbocycles. The summed E-state index contributed by atoms with van der Waals surface area (Å²) in [6, 6.07) is 5.69. The van der Waals surface area contributed by atoms with Crippen molar-refractivity contribution in [3.8, 4) is 17.0 Å². The van der Waals surface area contributed by atoms with Crippen LogP contribution < -0.4 is 0 Å². The van der Waals surface area contributed by atoms with Gasteiger partial charge in [0.05, 0.1) is 5.69 Å². The van der Waals surface area contributed by atoms with Crippen molar-refractivity contribution in [2.45, 2.75) is 27.3 Å². The first-order valence-electron chi connectivity index (χ1n) is 6.85. The number of phenolic OH excluding ortho intramolecular Hbond substituents is 1. The number of benzene rings is 1. The van der Waals surface area contributed by atoms with Gasteiger partial charge in [0.1, 0.15) is 11.6 Å². The fourth-order valence-corrected chi connectivity index (χ4v) is 2.65. The highest BCUT2D eigenvalue weighted by Crippen LogP contribution is 2.31. The first kappa shape index (κ1) is 13.5. The number of rotatable bonds is 2. The van der Waals surface area contributed by atoms with Gasteiger partial charge in [-0.05, 0) is 50.6 Å². The predicted octanol–water partition coefficient (Wildman–Crippen LogP) is 3.58. The minimum Gasteiger partial charge on any atom is -0.507 e. The highest BCUT2D eigenvalue weighted by molar-refractivity contribution is 5.85. The van der Waals surface area contributed by atoms with E-state index in [1.54, 1.807) is 0 Å². The van der Waals surface area contributed by atoms with Crippen LogP contribution >= 0.6 is 0 Å². The SMILES string of the molecule is CCn1nc2nc(-c3cc(F)ccc3O)cc(C)c2c1C. The summed E-state index contributed by atoms with van der Waals surface area (Å²) < 4.78 is 15.3. The highest BCUT2D eigenvalue weighted by Gasteiger charge is 2.14. The molecule has 0 fully saturated rings. The van der Waals surface area contributed by atoms with E-state index in [1.807, 2.05) is 31.5 Å². The number of hydrogen-bond donors (Lipinski definition) is 1. The lowest BCUT2D eigenvalue weighted by molar-refractivity contribution is 0.475. The van der Waals surface area contributed by atoms with Crippen LogP contribution in [0.2, 0.25) is 0 Å². The Hall–Kier alpha value is -2.43. The summed E-state index contributed by atoms with van der Waals surface area (Å²) in [6.07, 6.45) is 0. The number of aryl methyl sites for hydroxylation is 3. The molecule has 1 aromatic carbocycles. The van der Waals surface area contributed by atoms with E-state index in [9.17, 15) is 9.50 Å². The molecular formula is C16H16FN3O. The lowest BCUT2D eigenvalue weighted by Crippen LogP contribution is -1.98. The second-order valence-electron chi connectivity index (χ2n) is 5.09. The van der Waals surface area contributed by atoms with E-state index >= 15 is 0 Å². The van der Waals surface area contributed by atoms with E-state index in [4.69, 9.17) is 0 Å². The van der Waals surface area contributed by atoms with Crippen LogP contribution in [0, 0.1) is 19.7 Å². The molecule has 0 amide bonds. The Morgan fingerprint density at radius 2 is 2.00 bits per heavy atom. The largest absolute Gasteiger partial charge is 0.507 e. The average Bonchev–Trinajstić information content (AvgIpc) is 2.78. The number of hydrogen-bond acceptors (Lipinski definition) is 3. The number of pyridine rings is 1. The molecule has 2 aromatic heterocycles. The van der Waals surface area contributed by atoms with Gasteiger partial charge in [0.25, 0.3) is 0 Å². The van der Waals surface area contributed by atoms with Gasteiger partial charge in [-0.3, -0.25) is 4.68 Å². The summed E-state index contributed by atoms with van der Waals surface area (Å²) in [7, 11) is 0. The molecule has 4 nitrogen and oxygen atoms in total. The summed E-state index contributed by atoms with van der Waals surface area (Å²) in [5.74, 6) is -0.396. The van der Waals surface area contributed by atoms with Crippen molar-refractivity contribution in [1.82, 2.24) is 14.8 Å². The van der Waals surface area contributed by atoms with Crippen LogP contribution in [0.3, 0.4) is 0 Å². The summed E-state index contributed by atoms with van der Waals surface area (Å²) in [4.78, 5) is 4.48. The molecule has 108 valence electrons. The molecule has 3 aromatic rings. The van der Waals surface area contributed by atoms with E-state index in [2.05, 4.69) is 10.1 Å². The zero-order chi connectivity index (χ0) is 15.1. The van der Waals surface area contributed by atoms with Gasteiger partial charge in [0, 0.05) is 23.2 Å². The quantitative estimate of drug-likeness (QED) is 0.783. The molecule has 0 radical (unpaired) electrons. The fourth-order valence-electron chi connectivity index (χ4n) is 2.65. The molecule has 0 bridgehead atoms. The summed E-state index contributed by atoms with van der Waals surface area (Å²) in [5.41, 5.74) is 3.60. The Morgan fingerprint density at radius 1 is 1.24 bits per heavy atom. The standard InChI is InChI=1S/C16H16FN3O/c1-4-20-10(3)15-9(2)7-13(18-16(15)19-20)12-8-11(17)5-6-14(12)21/h5-8,21H,4H2,1-3H3. The predicted molar refractivity (Wildman–Crippen MR) is 79.7 cm³/mol. The number of fused-ring (bicyclic) bond motifs is 1. The molecule has 0 aliphatic rings. The summed E-state index contributed by atoms with van der Waals surface area (Å²) in [6.45, 7) is 6.76. The van der Waals surface area contributed by atoms with Gasteiger partial charge in [-0.1, -0.05) is 0 Å². The van der Waals surface area contributed by atoms with Crippen molar-refractivity contribution < 1.29 is 9.50 Å². The van der Waals surface area contributed by atoms with E-state index in [0.717, 1.165) is 23.2 Å². The first-order chi connectivity index (χ1) is 10.0. The van der Waals surface area contributed by atoms with Crippen LogP contribution in [0.5, 0.6) is 5.75 Å². The smallest absolute Gasteiger partial charge is 0.182 e. The molecule has 0 saturated carbocycles. The van der Waals surface area contributed by atoms with Gasteiger partial charge in [0.15, 0.2) is 5.65 Å². The zero-order valence-corrected chi connectivity index (χ0v) is 12.2. The van der Waals surface area contributed by atoms with Crippen molar-refractivity contribution in [1.29, 1.82) is 0 Å². The molecular weight excluding hydrogens is 269 g/mol. The van der Waals surface area contributed by atoms with Crippen LogP contribution in [0.15, 0.2) is 24.3 Å². The van der Waals surface area contributed by atoms with Gasteiger partial charge in [-0.2, -0.15) is 5.10 Å². The van der Waals surface area contributed by atoms with E-state index in [1.165, 1.54) is 18.2 Å². The van der Waals surface area contributed by atoms with E-state index in [-0.39, 0.29) is 5.75 Å². The van der Waals surface area contributed by atoms with Gasteiger partial charge in [-0.15, -0.1) is 0 Å². The normalized spacial score (nSPS) is 11.2. The second-order valence-corrected chi connectivity index (χ2v) is 5.09.